The van der Waals surface area contributed by atoms with E-state index >= 15 is 0 Å². The molecule has 0 aliphatic rings. The number of ether oxygens (including phenoxy) is 1. The molecule has 1 aromatic carbocycles. The zero-order chi connectivity index (χ0) is 13.8. The summed E-state index contributed by atoms with van der Waals surface area (Å²) in [5.41, 5.74) is 1.40. The van der Waals surface area contributed by atoms with E-state index in [1.807, 2.05) is 6.92 Å². The van der Waals surface area contributed by atoms with Gasteiger partial charge in [0.2, 0.25) is 5.28 Å². The highest BCUT2D eigenvalue weighted by Gasteiger charge is 2.10. The van der Waals surface area contributed by atoms with Gasteiger partial charge in [-0.25, -0.2) is 9.97 Å². The number of nitrogens with zero attached hydrogens (tertiary/aromatic N) is 3. The maximum absolute atomic E-state index is 10.7. The molecular formula is C12H10ClN3O3. The fraction of sp³-hybridized carbons (Fsp3) is 0.167. The smallest absolute Gasteiger partial charge is 0.273 e. The van der Waals surface area contributed by atoms with E-state index in [0.717, 1.165) is 5.56 Å². The number of aromatic nitrogens is 2. The first-order valence-corrected chi connectivity index (χ1v) is 5.79. The monoisotopic (exact) mass is 279 g/mol. The van der Waals surface area contributed by atoms with Gasteiger partial charge in [0.25, 0.3) is 5.69 Å². The third-order valence-corrected chi connectivity index (χ3v) is 2.62. The Labute approximate surface area is 114 Å². The zero-order valence-corrected chi connectivity index (χ0v) is 10.8. The number of nitro groups is 1. The molecule has 0 N–H and O–H groups in total. The number of rotatable bonds is 4. The molecule has 0 fully saturated rings. The lowest BCUT2D eigenvalue weighted by atomic mass is 10.2. The first kappa shape index (κ1) is 13.2. The van der Waals surface area contributed by atoms with E-state index in [9.17, 15) is 10.1 Å². The van der Waals surface area contributed by atoms with Crippen LogP contribution in [0.4, 0.5) is 5.69 Å². The summed E-state index contributed by atoms with van der Waals surface area (Å²) < 4.78 is 5.52. The Morgan fingerprint density at radius 2 is 2.21 bits per heavy atom. The summed E-state index contributed by atoms with van der Waals surface area (Å²) in [5, 5.41) is 10.8. The summed E-state index contributed by atoms with van der Waals surface area (Å²) >= 11 is 5.66. The summed E-state index contributed by atoms with van der Waals surface area (Å²) in [7, 11) is 0. The minimum absolute atomic E-state index is 0.0127. The molecule has 0 radical (unpaired) electrons. The van der Waals surface area contributed by atoms with E-state index in [4.69, 9.17) is 16.3 Å². The van der Waals surface area contributed by atoms with Crippen molar-refractivity contribution in [2.75, 3.05) is 0 Å². The van der Waals surface area contributed by atoms with Gasteiger partial charge in [0.15, 0.2) is 0 Å². The molecule has 0 atom stereocenters. The molecule has 0 bridgehead atoms. The summed E-state index contributed by atoms with van der Waals surface area (Å²) in [4.78, 5) is 18.0. The van der Waals surface area contributed by atoms with Crippen molar-refractivity contribution < 1.29 is 9.66 Å². The van der Waals surface area contributed by atoms with E-state index in [1.165, 1.54) is 18.3 Å². The van der Waals surface area contributed by atoms with E-state index in [2.05, 4.69) is 9.97 Å². The van der Waals surface area contributed by atoms with Crippen LogP contribution in [0.2, 0.25) is 5.28 Å². The maximum Gasteiger partial charge on any atom is 0.273 e. The lowest BCUT2D eigenvalue weighted by Crippen LogP contribution is -2.01. The van der Waals surface area contributed by atoms with Crippen LogP contribution in [0.5, 0.6) is 5.75 Å². The normalized spacial score (nSPS) is 10.2. The number of aryl methyl sites for hydroxylation is 1. The van der Waals surface area contributed by atoms with Crippen LogP contribution < -0.4 is 4.74 Å². The molecule has 2 rings (SSSR count). The third kappa shape index (κ3) is 3.38. The van der Waals surface area contributed by atoms with Crippen LogP contribution >= 0.6 is 11.6 Å². The molecule has 0 saturated carbocycles. The Morgan fingerprint density at radius 3 is 2.89 bits per heavy atom. The van der Waals surface area contributed by atoms with Crippen LogP contribution in [-0.2, 0) is 6.61 Å². The molecule has 2 aromatic rings. The summed E-state index contributed by atoms with van der Waals surface area (Å²) in [5.74, 6) is 0.448. The molecule has 6 nitrogen and oxygen atoms in total. The summed E-state index contributed by atoms with van der Waals surface area (Å²) in [6.07, 6.45) is 1.52. The zero-order valence-electron chi connectivity index (χ0n) is 10.0. The maximum atomic E-state index is 10.7. The van der Waals surface area contributed by atoms with Gasteiger partial charge in [-0.3, -0.25) is 10.1 Å². The fourth-order valence-electron chi connectivity index (χ4n) is 1.46. The van der Waals surface area contributed by atoms with Crippen molar-refractivity contribution in [2.24, 2.45) is 0 Å². The lowest BCUT2D eigenvalue weighted by Gasteiger charge is -2.08. The largest absolute Gasteiger partial charge is 0.487 e. The molecule has 0 aliphatic heterocycles. The minimum atomic E-state index is -0.464. The molecule has 0 unspecified atom stereocenters. The number of nitro benzene ring substituents is 1. The highest BCUT2D eigenvalue weighted by molar-refractivity contribution is 6.28. The number of non-ortho nitro benzene ring substituents is 1. The van der Waals surface area contributed by atoms with Crippen LogP contribution in [0.1, 0.15) is 11.3 Å². The van der Waals surface area contributed by atoms with E-state index in [1.54, 1.807) is 12.1 Å². The topological polar surface area (TPSA) is 78.2 Å². The van der Waals surface area contributed by atoms with E-state index in [0.29, 0.717) is 11.4 Å². The summed E-state index contributed by atoms with van der Waals surface area (Å²) in [6.45, 7) is 1.98. The van der Waals surface area contributed by atoms with Crippen molar-refractivity contribution in [2.45, 2.75) is 13.5 Å². The standard InChI is InChI=1S/C12H10ClN3O3/c1-8-2-3-10(16(17)18)6-11(8)19-7-9-4-5-14-12(13)15-9/h2-6H,7H2,1H3. The quantitative estimate of drug-likeness (QED) is 0.488. The predicted molar refractivity (Wildman–Crippen MR) is 69.2 cm³/mol. The van der Waals surface area contributed by atoms with Crippen LogP contribution in [0.3, 0.4) is 0 Å². The SMILES string of the molecule is Cc1ccc([N+](=O)[O-])cc1OCc1ccnc(Cl)n1. The molecule has 19 heavy (non-hydrogen) atoms. The van der Waals surface area contributed by atoms with Crippen molar-refractivity contribution in [3.63, 3.8) is 0 Å². The molecule has 7 heteroatoms. The summed E-state index contributed by atoms with van der Waals surface area (Å²) in [6, 6.07) is 6.13. The molecule has 98 valence electrons. The van der Waals surface area contributed by atoms with Gasteiger partial charge in [0, 0.05) is 12.3 Å². The first-order chi connectivity index (χ1) is 9.06. The Bertz CT molecular complexity index is 619. The molecule has 0 aliphatic carbocycles. The lowest BCUT2D eigenvalue weighted by molar-refractivity contribution is -0.385. The Hall–Kier alpha value is -2.21. The Balaban J connectivity index is 2.15. The average Bonchev–Trinajstić information content (AvgIpc) is 2.37. The van der Waals surface area contributed by atoms with Crippen molar-refractivity contribution >= 4 is 17.3 Å². The molecule has 0 spiro atoms. The highest BCUT2D eigenvalue weighted by Crippen LogP contribution is 2.24. The third-order valence-electron chi connectivity index (χ3n) is 2.44. The molecule has 1 aromatic heterocycles. The Morgan fingerprint density at radius 1 is 1.42 bits per heavy atom. The predicted octanol–water partition coefficient (Wildman–Crippen LogP) is 2.93. The van der Waals surface area contributed by atoms with Crippen molar-refractivity contribution in [1.82, 2.24) is 9.97 Å². The second-order valence-corrected chi connectivity index (χ2v) is 4.15. The average molecular weight is 280 g/mol. The second-order valence-electron chi connectivity index (χ2n) is 3.81. The van der Waals surface area contributed by atoms with Crippen molar-refractivity contribution in [3.8, 4) is 5.75 Å². The number of hydrogen-bond acceptors (Lipinski definition) is 5. The number of benzene rings is 1. The molecular weight excluding hydrogens is 270 g/mol. The number of hydrogen-bond donors (Lipinski definition) is 0. The van der Waals surface area contributed by atoms with Gasteiger partial charge in [0.05, 0.1) is 16.7 Å². The fourth-order valence-corrected chi connectivity index (χ4v) is 1.62. The van der Waals surface area contributed by atoms with Crippen LogP contribution in [0, 0.1) is 17.0 Å². The highest BCUT2D eigenvalue weighted by atomic mass is 35.5. The molecule has 1 heterocycles. The van der Waals surface area contributed by atoms with Crippen LogP contribution in [0.15, 0.2) is 30.5 Å². The molecule has 0 saturated heterocycles. The van der Waals surface area contributed by atoms with E-state index in [-0.39, 0.29) is 17.6 Å². The van der Waals surface area contributed by atoms with Crippen molar-refractivity contribution in [3.05, 3.63) is 57.1 Å². The van der Waals surface area contributed by atoms with Gasteiger partial charge in [-0.2, -0.15) is 0 Å². The first-order valence-electron chi connectivity index (χ1n) is 5.41. The second kappa shape index (κ2) is 5.62. The van der Waals surface area contributed by atoms with Crippen LogP contribution in [0.25, 0.3) is 0 Å². The van der Waals surface area contributed by atoms with Crippen molar-refractivity contribution in [1.29, 1.82) is 0 Å². The van der Waals surface area contributed by atoms with Gasteiger partial charge in [0.1, 0.15) is 12.4 Å². The number of halogens is 1. The van der Waals surface area contributed by atoms with Gasteiger partial charge in [-0.1, -0.05) is 0 Å². The van der Waals surface area contributed by atoms with Gasteiger partial charge in [-0.05, 0) is 36.2 Å². The van der Waals surface area contributed by atoms with E-state index < -0.39 is 4.92 Å². The van der Waals surface area contributed by atoms with Crippen LogP contribution in [-0.4, -0.2) is 14.9 Å². The molecule has 0 amide bonds. The van der Waals surface area contributed by atoms with Gasteiger partial charge < -0.3 is 4.74 Å². The van der Waals surface area contributed by atoms with Gasteiger partial charge >= 0.3 is 0 Å². The Kier molecular flexibility index (Phi) is 3.91. The van der Waals surface area contributed by atoms with Gasteiger partial charge in [-0.15, -0.1) is 0 Å². The minimum Gasteiger partial charge on any atom is -0.487 e.